The highest BCUT2D eigenvalue weighted by atomic mass is 35.5. The Morgan fingerprint density at radius 3 is 2.53 bits per heavy atom. The highest BCUT2D eigenvalue weighted by Crippen LogP contribution is 2.30. The second kappa shape index (κ2) is 5.99. The normalized spacial score (nSPS) is 17.5. The summed E-state index contributed by atoms with van der Waals surface area (Å²) < 4.78 is 0. The largest absolute Gasteiger partial charge is 0.336 e. The van der Waals surface area contributed by atoms with Gasteiger partial charge in [0.15, 0.2) is 0 Å². The zero-order chi connectivity index (χ0) is 13.7. The summed E-state index contributed by atoms with van der Waals surface area (Å²) in [6.45, 7) is 0. The lowest BCUT2D eigenvalue weighted by Gasteiger charge is -2.31. The zero-order valence-electron chi connectivity index (χ0n) is 10.6. The highest BCUT2D eigenvalue weighted by molar-refractivity contribution is 6.28. The van der Waals surface area contributed by atoms with Crippen LogP contribution in [-0.4, -0.2) is 27.6 Å². The number of hydrogen-bond acceptors (Lipinski definition) is 7. The topological polar surface area (TPSA) is 95.8 Å². The van der Waals surface area contributed by atoms with Crippen molar-refractivity contribution in [2.24, 2.45) is 0 Å². The summed E-state index contributed by atoms with van der Waals surface area (Å²) in [6, 6.07) is 2.33. The molecule has 0 amide bonds. The van der Waals surface area contributed by atoms with Crippen molar-refractivity contribution >= 4 is 23.5 Å². The molecule has 0 spiro atoms. The van der Waals surface area contributed by atoms with Gasteiger partial charge >= 0.3 is 0 Å². The molecule has 0 aromatic carbocycles. The van der Waals surface area contributed by atoms with E-state index < -0.39 is 5.54 Å². The van der Waals surface area contributed by atoms with Gasteiger partial charge < -0.3 is 5.32 Å². The first-order valence-corrected chi connectivity index (χ1v) is 6.45. The van der Waals surface area contributed by atoms with Crippen molar-refractivity contribution in [1.29, 1.82) is 5.26 Å². The van der Waals surface area contributed by atoms with Gasteiger partial charge in [0.2, 0.25) is 11.2 Å². The second-order valence-corrected chi connectivity index (χ2v) is 4.78. The lowest BCUT2D eigenvalue weighted by atomic mass is 9.83. The van der Waals surface area contributed by atoms with Gasteiger partial charge in [-0.2, -0.15) is 20.2 Å². The Bertz CT molecular complexity index is 483. The van der Waals surface area contributed by atoms with Gasteiger partial charge in [0.05, 0.1) is 13.2 Å². The maximum Gasteiger partial charge on any atom is 0.253 e. The van der Waals surface area contributed by atoms with E-state index in [2.05, 4.69) is 31.8 Å². The summed E-state index contributed by atoms with van der Waals surface area (Å²) in [5.41, 5.74) is 1.87. The van der Waals surface area contributed by atoms with E-state index in [9.17, 15) is 5.26 Å². The molecule has 0 unspecified atom stereocenters. The number of aromatic nitrogens is 3. The smallest absolute Gasteiger partial charge is 0.253 e. The van der Waals surface area contributed by atoms with Crippen LogP contribution in [0.25, 0.3) is 0 Å². The average Bonchev–Trinajstić information content (AvgIpc) is 2.39. The Hall–Kier alpha value is -1.65. The van der Waals surface area contributed by atoms with Crippen LogP contribution in [0.15, 0.2) is 0 Å². The van der Waals surface area contributed by atoms with Crippen molar-refractivity contribution in [2.45, 2.75) is 37.6 Å². The quantitative estimate of drug-likeness (QED) is 0.817. The monoisotopic (exact) mass is 282 g/mol. The maximum absolute atomic E-state index is 9.39. The lowest BCUT2D eigenvalue weighted by molar-refractivity contribution is 0.267. The van der Waals surface area contributed by atoms with Crippen molar-refractivity contribution in [1.82, 2.24) is 15.0 Å². The molecule has 19 heavy (non-hydrogen) atoms. The number of nitrogens with one attached hydrogen (secondary N) is 2. The summed E-state index contributed by atoms with van der Waals surface area (Å²) >= 11 is 5.81. The summed E-state index contributed by atoms with van der Waals surface area (Å²) in [4.78, 5) is 16.7. The second-order valence-electron chi connectivity index (χ2n) is 4.44. The van der Waals surface area contributed by atoms with Crippen molar-refractivity contribution in [3.05, 3.63) is 5.28 Å². The molecule has 0 bridgehead atoms. The van der Waals surface area contributed by atoms with E-state index >= 15 is 0 Å². The standard InChI is InChI=1S/C11H15ClN6O/c1-19-18-10-15-8(12)14-9(16-10)17-11(7-13)5-3-2-4-6-11/h2-6H2,1H3,(H2,14,15,16,17,18). The molecule has 1 heterocycles. The Kier molecular flexibility index (Phi) is 4.35. The molecule has 102 valence electrons. The Morgan fingerprint density at radius 2 is 1.89 bits per heavy atom. The zero-order valence-corrected chi connectivity index (χ0v) is 11.4. The van der Waals surface area contributed by atoms with Crippen molar-refractivity contribution in [3.8, 4) is 6.07 Å². The first-order valence-electron chi connectivity index (χ1n) is 6.07. The van der Waals surface area contributed by atoms with Crippen LogP contribution < -0.4 is 10.8 Å². The van der Waals surface area contributed by atoms with E-state index in [1.54, 1.807) is 0 Å². The van der Waals surface area contributed by atoms with Gasteiger partial charge in [-0.1, -0.05) is 19.3 Å². The molecule has 0 aliphatic heterocycles. The fourth-order valence-corrected chi connectivity index (χ4v) is 2.34. The predicted octanol–water partition coefficient (Wildman–Crippen LogP) is 2.14. The minimum absolute atomic E-state index is 0.0425. The minimum atomic E-state index is -0.618. The third-order valence-electron chi connectivity index (χ3n) is 3.07. The molecule has 8 heteroatoms. The summed E-state index contributed by atoms with van der Waals surface area (Å²) in [5.74, 6) is 0.483. The first kappa shape index (κ1) is 13.8. The third-order valence-corrected chi connectivity index (χ3v) is 3.24. The Labute approximate surface area is 116 Å². The SMILES string of the molecule is CONc1nc(Cl)nc(NC2(C#N)CCCCC2)n1. The van der Waals surface area contributed by atoms with Crippen LogP contribution in [0.3, 0.4) is 0 Å². The van der Waals surface area contributed by atoms with E-state index in [-0.39, 0.29) is 17.2 Å². The lowest BCUT2D eigenvalue weighted by Crippen LogP contribution is -2.39. The van der Waals surface area contributed by atoms with Gasteiger partial charge in [-0.3, -0.25) is 4.84 Å². The number of anilines is 2. The molecule has 2 N–H and O–H groups in total. The van der Waals surface area contributed by atoms with Gasteiger partial charge in [-0.25, -0.2) is 5.48 Å². The molecule has 0 atom stereocenters. The minimum Gasteiger partial charge on any atom is -0.336 e. The fourth-order valence-electron chi connectivity index (χ4n) is 2.18. The van der Waals surface area contributed by atoms with Crippen molar-refractivity contribution in [3.63, 3.8) is 0 Å². The van der Waals surface area contributed by atoms with Gasteiger partial charge in [0, 0.05) is 0 Å². The van der Waals surface area contributed by atoms with E-state index in [4.69, 9.17) is 16.4 Å². The van der Waals surface area contributed by atoms with Crippen LogP contribution in [0.2, 0.25) is 5.28 Å². The maximum atomic E-state index is 9.39. The van der Waals surface area contributed by atoms with E-state index in [0.29, 0.717) is 0 Å². The molecule has 1 aromatic rings. The first-order chi connectivity index (χ1) is 9.17. The van der Waals surface area contributed by atoms with Crippen LogP contribution in [0.5, 0.6) is 0 Å². The molecule has 0 radical (unpaired) electrons. The van der Waals surface area contributed by atoms with Crippen LogP contribution in [0.1, 0.15) is 32.1 Å². The molecular weight excluding hydrogens is 268 g/mol. The number of hydrogen-bond donors (Lipinski definition) is 2. The van der Waals surface area contributed by atoms with E-state index in [1.165, 1.54) is 7.11 Å². The van der Waals surface area contributed by atoms with Gasteiger partial charge in [-0.05, 0) is 24.4 Å². The molecule has 0 saturated heterocycles. The fraction of sp³-hybridized carbons (Fsp3) is 0.636. The number of nitrogens with zero attached hydrogens (tertiary/aromatic N) is 4. The van der Waals surface area contributed by atoms with Crippen molar-refractivity contribution < 1.29 is 4.84 Å². The number of rotatable bonds is 4. The van der Waals surface area contributed by atoms with E-state index in [1.807, 2.05) is 0 Å². The Balaban J connectivity index is 2.19. The summed E-state index contributed by atoms with van der Waals surface area (Å²) in [5, 5.41) is 12.5. The molecular formula is C11H15ClN6O. The third kappa shape index (κ3) is 3.43. The molecule has 2 rings (SSSR count). The van der Waals surface area contributed by atoms with Gasteiger partial charge in [0.1, 0.15) is 5.54 Å². The Morgan fingerprint density at radius 1 is 1.21 bits per heavy atom. The van der Waals surface area contributed by atoms with Crippen LogP contribution in [0.4, 0.5) is 11.9 Å². The summed E-state index contributed by atoms with van der Waals surface area (Å²) in [7, 11) is 1.45. The number of nitriles is 1. The van der Waals surface area contributed by atoms with Crippen molar-refractivity contribution in [2.75, 3.05) is 17.9 Å². The average molecular weight is 283 g/mol. The van der Waals surface area contributed by atoms with Crippen LogP contribution in [0, 0.1) is 11.3 Å². The molecule has 1 saturated carbocycles. The summed E-state index contributed by atoms with van der Waals surface area (Å²) in [6.07, 6.45) is 4.74. The number of halogens is 1. The van der Waals surface area contributed by atoms with Crippen LogP contribution in [-0.2, 0) is 4.84 Å². The predicted molar refractivity (Wildman–Crippen MR) is 70.5 cm³/mol. The molecule has 1 aliphatic rings. The molecule has 7 nitrogen and oxygen atoms in total. The van der Waals surface area contributed by atoms with Gasteiger partial charge in [-0.15, -0.1) is 0 Å². The molecule has 1 aliphatic carbocycles. The molecule has 1 fully saturated rings. The highest BCUT2D eigenvalue weighted by Gasteiger charge is 2.32. The van der Waals surface area contributed by atoms with Gasteiger partial charge in [0.25, 0.3) is 5.95 Å². The van der Waals surface area contributed by atoms with E-state index in [0.717, 1.165) is 32.1 Å². The molecule has 1 aromatic heterocycles. The van der Waals surface area contributed by atoms with Crippen LogP contribution >= 0.6 is 11.6 Å².